The van der Waals surface area contributed by atoms with E-state index in [0.717, 1.165) is 42.3 Å². The molecule has 0 spiro atoms. The van der Waals surface area contributed by atoms with Crippen LogP contribution in [0.4, 0.5) is 15.7 Å². The van der Waals surface area contributed by atoms with Crippen LogP contribution in [0.25, 0.3) is 0 Å². The zero-order valence-corrected chi connectivity index (χ0v) is 14.6. The third-order valence-electron chi connectivity index (χ3n) is 4.70. The normalized spacial score (nSPS) is 16.7. The minimum atomic E-state index is -0.117. The lowest BCUT2D eigenvalue weighted by molar-refractivity contribution is 0.191. The molecule has 0 unspecified atom stereocenters. The summed E-state index contributed by atoms with van der Waals surface area (Å²) in [7, 11) is 1.83. The Morgan fingerprint density at radius 1 is 1.38 bits per heavy atom. The lowest BCUT2D eigenvalue weighted by Crippen LogP contribution is -2.60. The number of amides is 2. The van der Waals surface area contributed by atoms with Gasteiger partial charge >= 0.3 is 6.03 Å². The van der Waals surface area contributed by atoms with E-state index in [1.165, 1.54) is 23.3 Å². The second-order valence-electron chi connectivity index (χ2n) is 6.40. The number of fused-ring (bicyclic) bond motifs is 1. The lowest BCUT2D eigenvalue weighted by atomic mass is 10.1. The van der Waals surface area contributed by atoms with E-state index in [2.05, 4.69) is 31.5 Å². The molecule has 126 valence electrons. The molecule has 0 radical (unpaired) electrons. The van der Waals surface area contributed by atoms with Crippen LogP contribution in [-0.4, -0.2) is 52.3 Å². The number of aryl methyl sites for hydroxylation is 3. The monoisotopic (exact) mass is 344 g/mol. The standard InChI is InChI=1S/C16H20N6OS/c1-10-7-17-15(24-10)18-16(23)21(2)12-8-22(9-12)14-6-11-4-3-5-13(11)19-20-14/h6-7,12H,3-5,8-9H2,1-2H3,(H,17,18,23). The van der Waals surface area contributed by atoms with Crippen molar-refractivity contribution in [3.05, 3.63) is 28.4 Å². The fourth-order valence-corrected chi connectivity index (χ4v) is 3.77. The van der Waals surface area contributed by atoms with Crippen molar-refractivity contribution in [3.63, 3.8) is 0 Å². The topological polar surface area (TPSA) is 74.2 Å². The van der Waals surface area contributed by atoms with Crippen LogP contribution >= 0.6 is 11.3 Å². The number of anilines is 2. The molecule has 2 aromatic rings. The van der Waals surface area contributed by atoms with Crippen molar-refractivity contribution in [2.24, 2.45) is 0 Å². The molecule has 3 heterocycles. The Labute approximate surface area is 144 Å². The molecular formula is C16H20N6OS. The minimum absolute atomic E-state index is 0.117. The number of hydrogen-bond donors (Lipinski definition) is 1. The maximum atomic E-state index is 12.3. The highest BCUT2D eigenvalue weighted by molar-refractivity contribution is 7.15. The number of urea groups is 1. The molecule has 0 bridgehead atoms. The largest absolute Gasteiger partial charge is 0.351 e. The van der Waals surface area contributed by atoms with E-state index in [0.29, 0.717) is 5.13 Å². The van der Waals surface area contributed by atoms with Gasteiger partial charge in [0, 0.05) is 31.2 Å². The zero-order chi connectivity index (χ0) is 16.7. The minimum Gasteiger partial charge on any atom is -0.351 e. The van der Waals surface area contributed by atoms with Gasteiger partial charge in [0.05, 0.1) is 11.7 Å². The number of rotatable bonds is 3. The van der Waals surface area contributed by atoms with Gasteiger partial charge in [-0.1, -0.05) is 0 Å². The Kier molecular flexibility index (Phi) is 3.84. The van der Waals surface area contributed by atoms with Gasteiger partial charge in [-0.25, -0.2) is 9.78 Å². The van der Waals surface area contributed by atoms with Crippen molar-refractivity contribution >= 4 is 28.3 Å². The van der Waals surface area contributed by atoms with Crippen LogP contribution < -0.4 is 10.2 Å². The maximum Gasteiger partial charge on any atom is 0.323 e. The molecule has 2 aliphatic rings. The van der Waals surface area contributed by atoms with E-state index < -0.39 is 0 Å². The highest BCUT2D eigenvalue weighted by Gasteiger charge is 2.34. The second-order valence-corrected chi connectivity index (χ2v) is 7.64. The quantitative estimate of drug-likeness (QED) is 0.923. The molecule has 1 fully saturated rings. The van der Waals surface area contributed by atoms with Crippen molar-refractivity contribution in [1.82, 2.24) is 20.1 Å². The molecule has 0 aromatic carbocycles. The number of carbonyl (C=O) groups is 1. The summed E-state index contributed by atoms with van der Waals surface area (Å²) < 4.78 is 0. The predicted octanol–water partition coefficient (Wildman–Crippen LogP) is 2.08. The summed E-state index contributed by atoms with van der Waals surface area (Å²) in [4.78, 5) is 21.5. The molecule has 1 N–H and O–H groups in total. The van der Waals surface area contributed by atoms with Gasteiger partial charge in [0.15, 0.2) is 10.9 Å². The highest BCUT2D eigenvalue weighted by Crippen LogP contribution is 2.26. The average Bonchev–Trinajstić information content (AvgIpc) is 3.13. The van der Waals surface area contributed by atoms with Crippen LogP contribution in [0.5, 0.6) is 0 Å². The molecule has 2 aromatic heterocycles. The van der Waals surface area contributed by atoms with Crippen molar-refractivity contribution < 1.29 is 4.79 Å². The summed E-state index contributed by atoms with van der Waals surface area (Å²) in [6.07, 6.45) is 5.09. The Balaban J connectivity index is 1.34. The predicted molar refractivity (Wildman–Crippen MR) is 93.7 cm³/mol. The summed E-state index contributed by atoms with van der Waals surface area (Å²) in [5.41, 5.74) is 2.47. The molecule has 2 amide bonds. The molecule has 8 heteroatoms. The van der Waals surface area contributed by atoms with Gasteiger partial charge in [0.1, 0.15) is 0 Å². The van der Waals surface area contributed by atoms with Crippen LogP contribution in [0, 0.1) is 6.92 Å². The molecule has 24 heavy (non-hydrogen) atoms. The second kappa shape index (κ2) is 6.01. The van der Waals surface area contributed by atoms with E-state index in [1.54, 1.807) is 11.1 Å². The molecule has 1 aliphatic heterocycles. The van der Waals surface area contributed by atoms with Gasteiger partial charge in [-0.2, -0.15) is 5.10 Å². The molecule has 7 nitrogen and oxygen atoms in total. The van der Waals surface area contributed by atoms with Gasteiger partial charge in [-0.15, -0.1) is 16.4 Å². The SMILES string of the molecule is Cc1cnc(NC(=O)N(C)C2CN(c3cc4c(nn3)CCC4)C2)s1. The van der Waals surface area contributed by atoms with Crippen LogP contribution in [0.1, 0.15) is 22.6 Å². The van der Waals surface area contributed by atoms with Crippen molar-refractivity contribution in [2.45, 2.75) is 32.2 Å². The first-order valence-electron chi connectivity index (χ1n) is 8.17. The lowest BCUT2D eigenvalue weighted by Gasteiger charge is -2.44. The molecule has 1 aliphatic carbocycles. The molecule has 4 rings (SSSR count). The fraction of sp³-hybridized carbons (Fsp3) is 0.500. The number of carbonyl (C=O) groups excluding carboxylic acids is 1. The van der Waals surface area contributed by atoms with Crippen molar-refractivity contribution in [1.29, 1.82) is 0 Å². The van der Waals surface area contributed by atoms with Gasteiger partial charge in [-0.05, 0) is 37.8 Å². The van der Waals surface area contributed by atoms with E-state index in [4.69, 9.17) is 0 Å². The number of nitrogens with one attached hydrogen (secondary N) is 1. The Hall–Kier alpha value is -2.22. The number of aromatic nitrogens is 3. The van der Waals surface area contributed by atoms with Crippen LogP contribution in [0.2, 0.25) is 0 Å². The van der Waals surface area contributed by atoms with Gasteiger partial charge in [-0.3, -0.25) is 5.32 Å². The summed E-state index contributed by atoms with van der Waals surface area (Å²) in [5.74, 6) is 0.927. The van der Waals surface area contributed by atoms with Crippen LogP contribution in [-0.2, 0) is 12.8 Å². The van der Waals surface area contributed by atoms with Crippen LogP contribution in [0.15, 0.2) is 12.3 Å². The maximum absolute atomic E-state index is 12.3. The summed E-state index contributed by atoms with van der Waals surface area (Å²) in [6.45, 7) is 3.54. The van der Waals surface area contributed by atoms with E-state index in [9.17, 15) is 4.79 Å². The number of nitrogens with zero attached hydrogens (tertiary/aromatic N) is 5. The summed E-state index contributed by atoms with van der Waals surface area (Å²) in [6, 6.07) is 2.22. The molecular weight excluding hydrogens is 324 g/mol. The molecule has 1 saturated heterocycles. The Morgan fingerprint density at radius 2 is 2.21 bits per heavy atom. The number of thiazole rings is 1. The van der Waals surface area contributed by atoms with Crippen LogP contribution in [0.3, 0.4) is 0 Å². The zero-order valence-electron chi connectivity index (χ0n) is 13.8. The number of hydrogen-bond acceptors (Lipinski definition) is 6. The summed E-state index contributed by atoms with van der Waals surface area (Å²) >= 11 is 1.48. The highest BCUT2D eigenvalue weighted by atomic mass is 32.1. The summed E-state index contributed by atoms with van der Waals surface area (Å²) in [5, 5.41) is 12.2. The first-order valence-corrected chi connectivity index (χ1v) is 8.98. The van der Waals surface area contributed by atoms with Crippen molar-refractivity contribution in [2.75, 3.05) is 30.4 Å². The van der Waals surface area contributed by atoms with E-state index in [1.807, 2.05) is 14.0 Å². The first kappa shape index (κ1) is 15.3. The third-order valence-corrected chi connectivity index (χ3v) is 5.52. The Morgan fingerprint density at radius 3 is 2.96 bits per heavy atom. The first-order chi connectivity index (χ1) is 11.6. The van der Waals surface area contributed by atoms with Gasteiger partial charge in [0.25, 0.3) is 0 Å². The fourth-order valence-electron chi connectivity index (χ4n) is 3.12. The average molecular weight is 344 g/mol. The Bertz CT molecular complexity index is 770. The van der Waals surface area contributed by atoms with E-state index >= 15 is 0 Å². The smallest absolute Gasteiger partial charge is 0.323 e. The van der Waals surface area contributed by atoms with E-state index in [-0.39, 0.29) is 12.1 Å². The van der Waals surface area contributed by atoms with Gasteiger partial charge < -0.3 is 9.80 Å². The molecule has 0 saturated carbocycles. The van der Waals surface area contributed by atoms with Crippen molar-refractivity contribution in [3.8, 4) is 0 Å². The number of likely N-dealkylation sites (N-methyl/N-ethyl adjacent to an activating group) is 1. The van der Waals surface area contributed by atoms with Gasteiger partial charge in [0.2, 0.25) is 0 Å². The third kappa shape index (κ3) is 2.82. The molecule has 0 atom stereocenters.